The number of halogens is 1. The molecule has 1 fully saturated rings. The van der Waals surface area contributed by atoms with Crippen LogP contribution in [0, 0.1) is 0 Å². The first-order chi connectivity index (χ1) is 17.0. The lowest BCUT2D eigenvalue weighted by Gasteiger charge is -2.32. The van der Waals surface area contributed by atoms with E-state index < -0.39 is 0 Å². The fraction of sp³-hybridized carbons (Fsp3) is 0.440. The van der Waals surface area contributed by atoms with Crippen molar-refractivity contribution in [1.82, 2.24) is 19.8 Å². The van der Waals surface area contributed by atoms with Crippen LogP contribution in [-0.4, -0.2) is 79.0 Å². The molecule has 35 heavy (non-hydrogen) atoms. The van der Waals surface area contributed by atoms with Crippen molar-refractivity contribution < 1.29 is 18.9 Å². The van der Waals surface area contributed by atoms with Crippen LogP contribution in [0.2, 0.25) is 5.02 Å². The van der Waals surface area contributed by atoms with Gasteiger partial charge in [-0.15, -0.1) is 0 Å². The first-order valence-electron chi connectivity index (χ1n) is 11.8. The van der Waals surface area contributed by atoms with Gasteiger partial charge >= 0.3 is 0 Å². The highest BCUT2D eigenvalue weighted by molar-refractivity contribution is 6.33. The van der Waals surface area contributed by atoms with Crippen molar-refractivity contribution in [1.29, 1.82) is 0 Å². The molecule has 2 aliphatic heterocycles. The Kier molecular flexibility index (Phi) is 6.99. The van der Waals surface area contributed by atoms with Gasteiger partial charge in [0.15, 0.2) is 0 Å². The molecule has 0 atom stereocenters. The third-order valence-corrected chi connectivity index (χ3v) is 6.31. The minimum atomic E-state index is -0.0302. The van der Waals surface area contributed by atoms with Crippen LogP contribution in [0.3, 0.4) is 0 Å². The molecule has 0 amide bonds. The zero-order valence-electron chi connectivity index (χ0n) is 20.2. The van der Waals surface area contributed by atoms with E-state index in [0.29, 0.717) is 34.7 Å². The van der Waals surface area contributed by atoms with Crippen LogP contribution < -0.4 is 24.3 Å². The topological polar surface area (TPSA) is 81.2 Å². The number of aromatic nitrogens is 2. The summed E-state index contributed by atoms with van der Waals surface area (Å²) in [5, 5.41) is 4.64. The second kappa shape index (κ2) is 10.3. The highest BCUT2D eigenvalue weighted by Crippen LogP contribution is 2.45. The molecule has 10 heteroatoms. The number of anilines is 2. The number of benzene rings is 1. The maximum Gasteiger partial charge on any atom is 0.262 e. The second-order valence-corrected chi connectivity index (χ2v) is 9.39. The molecular formula is C25H30ClN5O4. The molecule has 5 rings (SSSR count). The highest BCUT2D eigenvalue weighted by atomic mass is 35.5. The lowest BCUT2D eigenvalue weighted by atomic mass is 10.1. The van der Waals surface area contributed by atoms with Gasteiger partial charge in [-0.1, -0.05) is 11.6 Å². The van der Waals surface area contributed by atoms with Gasteiger partial charge in [0.25, 0.3) is 5.88 Å². The number of nitrogens with zero attached hydrogens (tertiary/aromatic N) is 4. The smallest absolute Gasteiger partial charge is 0.262 e. The summed E-state index contributed by atoms with van der Waals surface area (Å²) in [7, 11) is 2.16. The van der Waals surface area contributed by atoms with E-state index in [1.54, 1.807) is 12.4 Å². The van der Waals surface area contributed by atoms with Gasteiger partial charge in [-0.25, -0.2) is 4.98 Å². The summed E-state index contributed by atoms with van der Waals surface area (Å²) in [4.78, 5) is 13.5. The normalized spacial score (nSPS) is 16.1. The molecule has 9 nitrogen and oxygen atoms in total. The van der Waals surface area contributed by atoms with Gasteiger partial charge in [-0.05, 0) is 27.0 Å². The summed E-state index contributed by atoms with van der Waals surface area (Å²) in [5.74, 6) is 2.30. The lowest BCUT2D eigenvalue weighted by molar-refractivity contribution is 0.133. The third-order valence-electron chi connectivity index (χ3n) is 6.03. The second-order valence-electron chi connectivity index (χ2n) is 8.98. The zero-order valence-corrected chi connectivity index (χ0v) is 21.0. The largest absolute Gasteiger partial charge is 0.492 e. The van der Waals surface area contributed by atoms with Gasteiger partial charge in [0.2, 0.25) is 12.5 Å². The molecule has 1 aromatic carbocycles. The van der Waals surface area contributed by atoms with E-state index in [1.165, 1.54) is 0 Å². The van der Waals surface area contributed by atoms with E-state index in [2.05, 4.69) is 32.1 Å². The van der Waals surface area contributed by atoms with Crippen LogP contribution >= 0.6 is 11.6 Å². The van der Waals surface area contributed by atoms with Crippen LogP contribution in [0.5, 0.6) is 23.1 Å². The van der Waals surface area contributed by atoms with Crippen molar-refractivity contribution in [2.45, 2.75) is 20.0 Å². The van der Waals surface area contributed by atoms with Crippen LogP contribution in [-0.2, 0) is 0 Å². The van der Waals surface area contributed by atoms with Crippen molar-refractivity contribution in [3.63, 3.8) is 0 Å². The summed E-state index contributed by atoms with van der Waals surface area (Å²) in [5.41, 5.74) is 2.12. The molecule has 0 spiro atoms. The highest BCUT2D eigenvalue weighted by Gasteiger charge is 2.23. The number of pyridine rings is 2. The van der Waals surface area contributed by atoms with Crippen LogP contribution in [0.1, 0.15) is 13.8 Å². The summed E-state index contributed by atoms with van der Waals surface area (Å²) >= 11 is 6.45. The number of piperazine rings is 1. The van der Waals surface area contributed by atoms with Crippen LogP contribution in [0.4, 0.5) is 11.4 Å². The SMILES string of the molecule is CC(C)Oc1cc(OCCN2CCN(C)CC2)cc2nccc(Nc3c(Cl)cnc4c3OCO4)c12. The predicted octanol–water partition coefficient (Wildman–Crippen LogP) is 4.17. The summed E-state index contributed by atoms with van der Waals surface area (Å²) in [6.07, 6.45) is 3.25. The van der Waals surface area contributed by atoms with E-state index in [9.17, 15) is 0 Å². The number of fused-ring (bicyclic) bond motifs is 2. The Balaban J connectivity index is 1.42. The number of likely N-dealkylation sites (N-methyl/N-ethyl adjacent to an activating group) is 1. The molecular weight excluding hydrogens is 470 g/mol. The van der Waals surface area contributed by atoms with Gasteiger partial charge < -0.3 is 29.2 Å². The van der Waals surface area contributed by atoms with Crippen molar-refractivity contribution >= 4 is 33.9 Å². The van der Waals surface area contributed by atoms with E-state index in [-0.39, 0.29) is 12.9 Å². The fourth-order valence-electron chi connectivity index (χ4n) is 4.21. The van der Waals surface area contributed by atoms with Crippen molar-refractivity contribution in [2.75, 3.05) is 58.5 Å². The maximum atomic E-state index is 6.45. The van der Waals surface area contributed by atoms with Gasteiger partial charge in [0, 0.05) is 51.1 Å². The molecule has 2 aliphatic rings. The molecule has 0 aliphatic carbocycles. The molecule has 1 N–H and O–H groups in total. The average Bonchev–Trinajstić information content (AvgIpc) is 3.31. The molecule has 4 heterocycles. The molecule has 0 radical (unpaired) electrons. The van der Waals surface area contributed by atoms with Gasteiger partial charge in [0.1, 0.15) is 23.8 Å². The van der Waals surface area contributed by atoms with Crippen molar-refractivity contribution in [2.24, 2.45) is 0 Å². The summed E-state index contributed by atoms with van der Waals surface area (Å²) in [6, 6.07) is 5.75. The molecule has 186 valence electrons. The Morgan fingerprint density at radius 2 is 1.97 bits per heavy atom. The van der Waals surface area contributed by atoms with E-state index in [0.717, 1.165) is 55.1 Å². The van der Waals surface area contributed by atoms with Gasteiger partial charge in [-0.3, -0.25) is 9.88 Å². The standard InChI is InChI=1S/C25H30ClN5O4/c1-16(2)35-21-13-17(32-11-10-31-8-6-30(3)7-9-31)12-20-22(21)19(4-5-27-20)29-23-18(26)14-28-25-24(23)33-15-34-25/h4-5,12-14,16H,6-11,15H2,1-3H3,(H,27,28,29). The Morgan fingerprint density at radius 1 is 1.14 bits per heavy atom. The third kappa shape index (κ3) is 5.32. The molecule has 2 aromatic heterocycles. The molecule has 3 aromatic rings. The van der Waals surface area contributed by atoms with Gasteiger partial charge in [-0.2, -0.15) is 0 Å². The Labute approximate surface area is 209 Å². The number of hydrogen-bond acceptors (Lipinski definition) is 9. The molecule has 0 saturated carbocycles. The number of hydrogen-bond donors (Lipinski definition) is 1. The fourth-order valence-corrected chi connectivity index (χ4v) is 4.39. The van der Waals surface area contributed by atoms with Gasteiger partial charge in [0.05, 0.1) is 33.9 Å². The van der Waals surface area contributed by atoms with Crippen molar-refractivity contribution in [3.05, 3.63) is 35.6 Å². The summed E-state index contributed by atoms with van der Waals surface area (Å²) < 4.78 is 23.4. The lowest BCUT2D eigenvalue weighted by Crippen LogP contribution is -2.45. The monoisotopic (exact) mass is 499 g/mol. The average molecular weight is 500 g/mol. The molecule has 1 saturated heterocycles. The van der Waals surface area contributed by atoms with E-state index in [1.807, 2.05) is 32.0 Å². The zero-order chi connectivity index (χ0) is 24.4. The maximum absolute atomic E-state index is 6.45. The number of ether oxygens (including phenoxy) is 4. The van der Waals surface area contributed by atoms with Crippen LogP contribution in [0.25, 0.3) is 10.9 Å². The predicted molar refractivity (Wildman–Crippen MR) is 136 cm³/mol. The molecule has 0 bridgehead atoms. The first-order valence-corrected chi connectivity index (χ1v) is 12.2. The van der Waals surface area contributed by atoms with Crippen LogP contribution in [0.15, 0.2) is 30.6 Å². The number of nitrogens with one attached hydrogen (secondary N) is 1. The Morgan fingerprint density at radius 3 is 2.77 bits per heavy atom. The number of rotatable bonds is 8. The van der Waals surface area contributed by atoms with Crippen molar-refractivity contribution in [3.8, 4) is 23.1 Å². The minimum Gasteiger partial charge on any atom is -0.492 e. The minimum absolute atomic E-state index is 0.0302. The Hall–Kier alpha value is -3.01. The van der Waals surface area contributed by atoms with E-state index >= 15 is 0 Å². The first kappa shape index (κ1) is 23.7. The molecule has 0 unspecified atom stereocenters. The Bertz CT molecular complexity index is 1200. The summed E-state index contributed by atoms with van der Waals surface area (Å²) in [6.45, 7) is 9.87. The quantitative estimate of drug-likeness (QED) is 0.491. The van der Waals surface area contributed by atoms with E-state index in [4.69, 9.17) is 30.5 Å².